The van der Waals surface area contributed by atoms with Gasteiger partial charge in [-0.1, -0.05) is 35.5 Å². The Morgan fingerprint density at radius 3 is 2.46 bits per heavy atom. The summed E-state index contributed by atoms with van der Waals surface area (Å²) >= 11 is 7.05. The summed E-state index contributed by atoms with van der Waals surface area (Å²) in [5.74, 6) is -0.0502. The topological polar surface area (TPSA) is 98.1 Å². The summed E-state index contributed by atoms with van der Waals surface area (Å²) in [6.07, 6.45) is -4.58. The van der Waals surface area contributed by atoms with Crippen molar-refractivity contribution in [1.82, 2.24) is 20.1 Å². The van der Waals surface area contributed by atoms with Crippen molar-refractivity contribution in [2.45, 2.75) is 31.7 Å². The molecule has 3 aromatic carbocycles. The Morgan fingerprint density at radius 2 is 1.78 bits per heavy atom. The first kappa shape index (κ1) is 29.9. The van der Waals surface area contributed by atoms with Gasteiger partial charge in [0.15, 0.2) is 11.0 Å². The third kappa shape index (κ3) is 7.19. The van der Waals surface area contributed by atoms with Gasteiger partial charge in [0.2, 0.25) is 5.91 Å². The fourth-order valence-corrected chi connectivity index (χ4v) is 4.77. The minimum absolute atomic E-state index is 0.0233. The molecule has 0 fully saturated rings. The Labute approximate surface area is 243 Å². The molecule has 2 amide bonds. The van der Waals surface area contributed by atoms with Crippen LogP contribution in [0.15, 0.2) is 65.8 Å². The quantitative estimate of drug-likeness (QED) is 0.220. The number of carbonyl (C=O) groups is 2. The molecule has 214 valence electrons. The van der Waals surface area contributed by atoms with Crippen LogP contribution in [0.25, 0.3) is 5.69 Å². The molecule has 0 atom stereocenters. The number of benzene rings is 3. The predicted molar refractivity (Wildman–Crippen MR) is 151 cm³/mol. The van der Waals surface area contributed by atoms with Gasteiger partial charge in [0.05, 0.1) is 41.4 Å². The lowest BCUT2D eigenvalue weighted by Gasteiger charge is -2.15. The highest BCUT2D eigenvalue weighted by molar-refractivity contribution is 7.99. The second-order valence-corrected chi connectivity index (χ2v) is 10.2. The fraction of sp³-hybridized carbons (Fsp3) is 0.214. The Morgan fingerprint density at radius 1 is 1.05 bits per heavy atom. The molecule has 4 aromatic rings. The molecule has 0 aliphatic rings. The van der Waals surface area contributed by atoms with Crippen LogP contribution < -0.4 is 15.4 Å². The number of carbonyl (C=O) groups excluding carboxylic acids is 2. The molecule has 0 aliphatic heterocycles. The molecule has 0 unspecified atom stereocenters. The molecule has 8 nitrogen and oxygen atoms in total. The zero-order chi connectivity index (χ0) is 29.7. The number of ether oxygens (including phenoxy) is 1. The molecule has 1 heterocycles. The molecule has 0 radical (unpaired) electrons. The Hall–Kier alpha value is -4.03. The first-order chi connectivity index (χ1) is 19.5. The number of nitrogens with one attached hydrogen (secondary N) is 2. The second-order valence-electron chi connectivity index (χ2n) is 8.89. The van der Waals surface area contributed by atoms with Gasteiger partial charge in [-0.15, -0.1) is 10.2 Å². The maximum atomic E-state index is 13.1. The van der Waals surface area contributed by atoms with Crippen molar-refractivity contribution in [2.24, 2.45) is 0 Å². The summed E-state index contributed by atoms with van der Waals surface area (Å²) in [7, 11) is 1.54. The summed E-state index contributed by atoms with van der Waals surface area (Å²) < 4.78 is 46.2. The highest BCUT2D eigenvalue weighted by Crippen LogP contribution is 2.34. The Balaban J connectivity index is 1.54. The van der Waals surface area contributed by atoms with Gasteiger partial charge >= 0.3 is 6.18 Å². The number of halogens is 4. The highest BCUT2D eigenvalue weighted by Gasteiger charge is 2.31. The predicted octanol–water partition coefficient (Wildman–Crippen LogP) is 6.23. The number of alkyl halides is 3. The normalized spacial score (nSPS) is 11.3. The molecule has 0 saturated heterocycles. The number of hydrogen-bond donors (Lipinski definition) is 2. The summed E-state index contributed by atoms with van der Waals surface area (Å²) in [5, 5.41) is 14.1. The van der Waals surface area contributed by atoms with Crippen molar-refractivity contribution in [1.29, 1.82) is 0 Å². The number of anilines is 1. The minimum Gasteiger partial charge on any atom is -0.497 e. The van der Waals surface area contributed by atoms with E-state index in [1.807, 2.05) is 32.0 Å². The van der Waals surface area contributed by atoms with E-state index in [2.05, 4.69) is 20.8 Å². The van der Waals surface area contributed by atoms with Gasteiger partial charge in [0, 0.05) is 5.56 Å². The van der Waals surface area contributed by atoms with Crippen LogP contribution >= 0.6 is 23.4 Å². The summed E-state index contributed by atoms with van der Waals surface area (Å²) in [6.45, 7) is 3.92. The molecule has 0 aliphatic carbocycles. The van der Waals surface area contributed by atoms with E-state index in [9.17, 15) is 22.8 Å². The van der Waals surface area contributed by atoms with Crippen molar-refractivity contribution < 1.29 is 27.5 Å². The van der Waals surface area contributed by atoms with Crippen LogP contribution in [-0.2, 0) is 17.5 Å². The van der Waals surface area contributed by atoms with E-state index in [1.165, 1.54) is 7.11 Å². The number of nitrogens with zero attached hydrogens (tertiary/aromatic N) is 3. The summed E-state index contributed by atoms with van der Waals surface area (Å²) in [6, 6.07) is 15.0. The number of aromatic nitrogens is 3. The van der Waals surface area contributed by atoms with E-state index in [0.717, 1.165) is 46.8 Å². The van der Waals surface area contributed by atoms with Crippen molar-refractivity contribution in [3.63, 3.8) is 0 Å². The van der Waals surface area contributed by atoms with Crippen LogP contribution in [0, 0.1) is 13.8 Å². The molecule has 41 heavy (non-hydrogen) atoms. The van der Waals surface area contributed by atoms with E-state index in [-0.39, 0.29) is 28.9 Å². The Bertz CT molecular complexity index is 1580. The molecule has 0 spiro atoms. The van der Waals surface area contributed by atoms with Crippen LogP contribution in [0.1, 0.15) is 32.9 Å². The number of aryl methyl sites for hydroxylation is 1. The lowest BCUT2D eigenvalue weighted by molar-refractivity contribution is -0.137. The first-order valence-electron chi connectivity index (χ1n) is 12.2. The van der Waals surface area contributed by atoms with Gasteiger partial charge in [-0.2, -0.15) is 13.2 Å². The van der Waals surface area contributed by atoms with Crippen molar-refractivity contribution >= 4 is 40.9 Å². The zero-order valence-electron chi connectivity index (χ0n) is 22.2. The lowest BCUT2D eigenvalue weighted by atomic mass is 10.1. The van der Waals surface area contributed by atoms with E-state index >= 15 is 0 Å². The number of hydrogen-bond acceptors (Lipinski definition) is 6. The minimum atomic E-state index is -4.58. The van der Waals surface area contributed by atoms with Crippen molar-refractivity contribution in [2.75, 3.05) is 18.2 Å². The monoisotopic (exact) mass is 603 g/mol. The van der Waals surface area contributed by atoms with E-state index in [1.54, 1.807) is 28.8 Å². The van der Waals surface area contributed by atoms with Crippen molar-refractivity contribution in [3.8, 4) is 11.4 Å². The van der Waals surface area contributed by atoms with Crippen LogP contribution in [0.3, 0.4) is 0 Å². The standard InChI is InChI=1S/C28H25ClF3N5O3S/c1-16-5-4-6-23(17(16)2)37-24(14-33-26(39)18-7-10-20(40-3)11-8-18)35-36-27(37)41-15-25(38)34-22-13-19(28(30,31)32)9-12-21(22)29/h4-13H,14-15H2,1-3H3,(H,33,39)(H,34,38). The van der Waals surface area contributed by atoms with Gasteiger partial charge in [0.25, 0.3) is 5.91 Å². The highest BCUT2D eigenvalue weighted by atomic mass is 35.5. The van der Waals surface area contributed by atoms with Crippen molar-refractivity contribution in [3.05, 3.63) is 93.8 Å². The number of methoxy groups -OCH3 is 1. The number of rotatable bonds is 9. The molecule has 0 bridgehead atoms. The average Bonchev–Trinajstić information content (AvgIpc) is 3.35. The molecule has 13 heteroatoms. The third-order valence-corrected chi connectivity index (χ3v) is 7.44. The Kier molecular flexibility index (Phi) is 9.24. The molecule has 0 saturated carbocycles. The van der Waals surface area contributed by atoms with Crippen LogP contribution in [0.2, 0.25) is 5.02 Å². The van der Waals surface area contributed by atoms with Crippen LogP contribution in [-0.4, -0.2) is 39.4 Å². The lowest BCUT2D eigenvalue weighted by Crippen LogP contribution is -2.24. The molecule has 2 N–H and O–H groups in total. The van der Waals surface area contributed by atoms with E-state index in [4.69, 9.17) is 16.3 Å². The van der Waals surface area contributed by atoms with E-state index in [0.29, 0.717) is 22.3 Å². The zero-order valence-corrected chi connectivity index (χ0v) is 23.7. The smallest absolute Gasteiger partial charge is 0.416 e. The summed E-state index contributed by atoms with van der Waals surface area (Å²) in [5.41, 5.74) is 2.07. The second kappa shape index (κ2) is 12.6. The third-order valence-electron chi connectivity index (χ3n) is 6.18. The molecule has 1 aromatic heterocycles. The van der Waals surface area contributed by atoms with Gasteiger partial charge in [0.1, 0.15) is 5.75 Å². The SMILES string of the molecule is COc1ccc(C(=O)NCc2nnc(SCC(=O)Nc3cc(C(F)(F)F)ccc3Cl)n2-c2cccc(C)c2C)cc1. The first-order valence-corrected chi connectivity index (χ1v) is 13.6. The average molecular weight is 604 g/mol. The van der Waals surface area contributed by atoms with Gasteiger partial charge < -0.3 is 15.4 Å². The number of thioether (sulfide) groups is 1. The summed E-state index contributed by atoms with van der Waals surface area (Å²) in [4.78, 5) is 25.4. The molecule has 4 rings (SSSR count). The van der Waals surface area contributed by atoms with Gasteiger partial charge in [-0.05, 0) is 73.5 Å². The molecular formula is C28H25ClF3N5O3S. The number of amides is 2. The van der Waals surface area contributed by atoms with Crippen LogP contribution in [0.5, 0.6) is 5.75 Å². The van der Waals surface area contributed by atoms with E-state index < -0.39 is 17.6 Å². The fourth-order valence-electron chi connectivity index (χ4n) is 3.85. The van der Waals surface area contributed by atoms with Crippen LogP contribution in [0.4, 0.5) is 18.9 Å². The maximum Gasteiger partial charge on any atom is 0.416 e. The molecular weight excluding hydrogens is 579 g/mol. The van der Waals surface area contributed by atoms with Gasteiger partial charge in [-0.3, -0.25) is 14.2 Å². The maximum absolute atomic E-state index is 13.1. The van der Waals surface area contributed by atoms with Gasteiger partial charge in [-0.25, -0.2) is 0 Å². The largest absolute Gasteiger partial charge is 0.497 e.